The predicted molar refractivity (Wildman–Crippen MR) is 136 cm³/mol. The van der Waals surface area contributed by atoms with Gasteiger partial charge in [0.1, 0.15) is 0 Å². The zero-order valence-corrected chi connectivity index (χ0v) is 20.9. The summed E-state index contributed by atoms with van der Waals surface area (Å²) < 4.78 is 34.5. The lowest BCUT2D eigenvalue weighted by atomic mass is 10.1. The second-order valence-electron chi connectivity index (χ2n) is 8.69. The van der Waals surface area contributed by atoms with Crippen LogP contribution in [0.3, 0.4) is 0 Å². The van der Waals surface area contributed by atoms with E-state index in [9.17, 15) is 13.6 Å². The van der Waals surface area contributed by atoms with Gasteiger partial charge in [0.2, 0.25) is 5.89 Å². The van der Waals surface area contributed by atoms with E-state index in [2.05, 4.69) is 43.4 Å². The fourth-order valence-corrected chi connectivity index (χ4v) is 5.00. The standard InChI is InChI=1S/C16H10F2N4O2S.C9H15N3/c17-13(18)15-21-20-14(24-15)9-5-6-10(19-7-9)8-22-11-3-1-2-4-12(11)25-16(22)23;1-8-6-11-12(7-8)9-2-4-10-5-3-9/h1-7,13H,8H2;6-7,9-10H,2-5H2,1H3. The molecule has 4 aromatic heterocycles. The molecule has 0 atom stereocenters. The second kappa shape index (κ2) is 11.1. The number of thiazole rings is 1. The number of nitrogens with one attached hydrogen (secondary N) is 1. The van der Waals surface area contributed by atoms with Gasteiger partial charge in [0, 0.05) is 12.4 Å². The number of fused-ring (bicyclic) bond motifs is 1. The van der Waals surface area contributed by atoms with Gasteiger partial charge in [0.05, 0.1) is 40.3 Å². The number of para-hydroxylation sites is 1. The summed E-state index contributed by atoms with van der Waals surface area (Å²) in [5.74, 6) is -0.747. The molecule has 192 valence electrons. The van der Waals surface area contributed by atoms with Crippen molar-refractivity contribution in [3.8, 4) is 11.5 Å². The monoisotopic (exact) mass is 525 g/mol. The van der Waals surface area contributed by atoms with Crippen LogP contribution in [0.2, 0.25) is 0 Å². The number of halogens is 2. The van der Waals surface area contributed by atoms with E-state index in [1.54, 1.807) is 16.7 Å². The van der Waals surface area contributed by atoms with E-state index in [-0.39, 0.29) is 10.8 Å². The van der Waals surface area contributed by atoms with Crippen molar-refractivity contribution in [2.45, 2.75) is 38.8 Å². The lowest BCUT2D eigenvalue weighted by Crippen LogP contribution is -2.29. The van der Waals surface area contributed by atoms with Crippen molar-refractivity contribution in [2.24, 2.45) is 0 Å². The minimum absolute atomic E-state index is 0.0208. The molecule has 1 aliphatic rings. The van der Waals surface area contributed by atoms with Crippen LogP contribution in [0.15, 0.2) is 64.2 Å². The van der Waals surface area contributed by atoms with Crippen LogP contribution in [0.4, 0.5) is 8.78 Å². The lowest BCUT2D eigenvalue weighted by molar-refractivity contribution is 0.116. The highest BCUT2D eigenvalue weighted by molar-refractivity contribution is 7.16. The average Bonchev–Trinajstić information content (AvgIpc) is 3.65. The number of piperidine rings is 1. The van der Waals surface area contributed by atoms with Gasteiger partial charge in [-0.2, -0.15) is 13.9 Å². The number of rotatable bonds is 5. The summed E-state index contributed by atoms with van der Waals surface area (Å²) in [6, 6.07) is 11.5. The SMILES string of the molecule is Cc1cnn(C2CCNCC2)c1.O=c1sc2ccccc2n1Cc1ccc(-c2nnc(C(F)F)o2)cn1. The highest BCUT2D eigenvalue weighted by Gasteiger charge is 2.17. The number of nitrogens with zero attached hydrogens (tertiary/aromatic N) is 6. The summed E-state index contributed by atoms with van der Waals surface area (Å²) in [6.45, 7) is 4.66. The van der Waals surface area contributed by atoms with Crippen LogP contribution in [-0.4, -0.2) is 42.6 Å². The topological polar surface area (TPSA) is 104 Å². The third-order valence-corrected chi connectivity index (χ3v) is 6.97. The van der Waals surface area contributed by atoms with Gasteiger partial charge in [0.15, 0.2) is 0 Å². The summed E-state index contributed by atoms with van der Waals surface area (Å²) in [7, 11) is 0. The molecule has 0 bridgehead atoms. The van der Waals surface area contributed by atoms with Gasteiger partial charge < -0.3 is 9.73 Å². The molecule has 0 amide bonds. The molecular weight excluding hydrogens is 500 g/mol. The Kier molecular flexibility index (Phi) is 7.47. The second-order valence-corrected chi connectivity index (χ2v) is 9.68. The first-order chi connectivity index (χ1) is 18.0. The molecule has 0 spiro atoms. The minimum Gasteiger partial charge on any atom is -0.415 e. The van der Waals surface area contributed by atoms with Crippen molar-refractivity contribution >= 4 is 21.6 Å². The number of pyridine rings is 1. The molecule has 0 saturated carbocycles. The molecule has 1 aliphatic heterocycles. The van der Waals surface area contributed by atoms with Gasteiger partial charge >= 0.3 is 11.3 Å². The van der Waals surface area contributed by atoms with Crippen molar-refractivity contribution in [3.05, 3.63) is 81.8 Å². The van der Waals surface area contributed by atoms with Crippen molar-refractivity contribution in [3.63, 3.8) is 0 Å². The molecule has 1 N–H and O–H groups in total. The van der Waals surface area contributed by atoms with Gasteiger partial charge in [-0.1, -0.05) is 23.5 Å². The smallest absolute Gasteiger partial charge is 0.314 e. The van der Waals surface area contributed by atoms with Gasteiger partial charge in [-0.3, -0.25) is 19.0 Å². The molecule has 37 heavy (non-hydrogen) atoms. The predicted octanol–water partition coefficient (Wildman–Crippen LogP) is 4.61. The van der Waals surface area contributed by atoms with Crippen LogP contribution < -0.4 is 10.2 Å². The van der Waals surface area contributed by atoms with E-state index in [0.717, 1.165) is 23.3 Å². The third-order valence-electron chi connectivity index (χ3n) is 6.01. The van der Waals surface area contributed by atoms with Crippen molar-refractivity contribution in [1.29, 1.82) is 0 Å². The van der Waals surface area contributed by atoms with Crippen molar-refractivity contribution in [1.82, 2.24) is 34.8 Å². The molecule has 1 saturated heterocycles. The maximum Gasteiger partial charge on any atom is 0.314 e. The highest BCUT2D eigenvalue weighted by atomic mass is 32.1. The Hall–Kier alpha value is -3.77. The molecule has 5 heterocycles. The number of aromatic nitrogens is 6. The van der Waals surface area contributed by atoms with E-state index < -0.39 is 12.3 Å². The number of benzene rings is 1. The summed E-state index contributed by atoms with van der Waals surface area (Å²) in [5.41, 5.74) is 3.20. The Labute approximate surface area is 214 Å². The van der Waals surface area contributed by atoms with Crippen LogP contribution in [-0.2, 0) is 6.54 Å². The summed E-state index contributed by atoms with van der Waals surface area (Å²) in [5, 5.41) is 14.5. The van der Waals surface area contributed by atoms with Gasteiger partial charge in [-0.05, 0) is 62.7 Å². The van der Waals surface area contributed by atoms with Crippen LogP contribution >= 0.6 is 11.3 Å². The fraction of sp³-hybridized carbons (Fsp3) is 0.320. The van der Waals surface area contributed by atoms with Gasteiger partial charge in [-0.15, -0.1) is 10.2 Å². The Morgan fingerprint density at radius 3 is 2.62 bits per heavy atom. The minimum atomic E-state index is -2.81. The van der Waals surface area contributed by atoms with Crippen LogP contribution in [0, 0.1) is 6.92 Å². The number of hydrogen-bond acceptors (Lipinski definition) is 8. The quantitative estimate of drug-likeness (QED) is 0.357. The first-order valence-corrected chi connectivity index (χ1v) is 12.7. The number of hydrogen-bond donors (Lipinski definition) is 1. The van der Waals surface area contributed by atoms with E-state index >= 15 is 0 Å². The molecule has 5 aromatic rings. The van der Waals surface area contributed by atoms with Crippen LogP contribution in [0.1, 0.15) is 42.5 Å². The van der Waals surface area contributed by atoms with Crippen LogP contribution in [0.5, 0.6) is 0 Å². The molecule has 1 fully saturated rings. The first kappa shape index (κ1) is 24.9. The maximum absolute atomic E-state index is 12.5. The van der Waals surface area contributed by atoms with Crippen molar-refractivity contribution < 1.29 is 13.2 Å². The van der Waals surface area contributed by atoms with Gasteiger partial charge in [0.25, 0.3) is 5.89 Å². The Balaban J connectivity index is 0.000000195. The first-order valence-electron chi connectivity index (χ1n) is 11.8. The fourth-order valence-electron chi connectivity index (χ4n) is 4.11. The van der Waals surface area contributed by atoms with E-state index in [0.29, 0.717) is 23.8 Å². The number of alkyl halides is 2. The summed E-state index contributed by atoms with van der Waals surface area (Å²) >= 11 is 1.18. The Morgan fingerprint density at radius 2 is 1.95 bits per heavy atom. The summed E-state index contributed by atoms with van der Waals surface area (Å²) in [6.07, 6.45) is 5.13. The van der Waals surface area contributed by atoms with E-state index in [4.69, 9.17) is 4.42 Å². The summed E-state index contributed by atoms with van der Waals surface area (Å²) in [4.78, 5) is 16.3. The molecule has 1 aromatic carbocycles. The largest absolute Gasteiger partial charge is 0.415 e. The molecular formula is C25H25F2N7O2S. The highest BCUT2D eigenvalue weighted by Crippen LogP contribution is 2.23. The Morgan fingerprint density at radius 1 is 1.14 bits per heavy atom. The normalized spacial score (nSPS) is 14.2. The third kappa shape index (κ3) is 5.81. The molecule has 6 rings (SSSR count). The lowest BCUT2D eigenvalue weighted by Gasteiger charge is -2.22. The average molecular weight is 526 g/mol. The van der Waals surface area contributed by atoms with E-state index in [1.807, 2.05) is 30.5 Å². The molecule has 0 aliphatic carbocycles. The molecule has 12 heteroatoms. The zero-order chi connectivity index (χ0) is 25.8. The number of aryl methyl sites for hydroxylation is 1. The zero-order valence-electron chi connectivity index (χ0n) is 20.1. The van der Waals surface area contributed by atoms with Crippen LogP contribution in [0.25, 0.3) is 21.7 Å². The van der Waals surface area contributed by atoms with E-state index in [1.165, 1.54) is 35.9 Å². The maximum atomic E-state index is 12.5. The Bertz CT molecular complexity index is 1520. The molecule has 9 nitrogen and oxygen atoms in total. The molecule has 0 unspecified atom stereocenters. The van der Waals surface area contributed by atoms with Gasteiger partial charge in [-0.25, -0.2) is 0 Å². The van der Waals surface area contributed by atoms with Crippen molar-refractivity contribution in [2.75, 3.05) is 13.1 Å². The molecule has 0 radical (unpaired) electrons.